The van der Waals surface area contributed by atoms with Crippen LogP contribution in [0.5, 0.6) is 5.75 Å². The van der Waals surface area contributed by atoms with Crippen LogP contribution in [0.1, 0.15) is 131 Å². The van der Waals surface area contributed by atoms with Crippen LogP contribution in [-0.2, 0) is 130 Å². The van der Waals surface area contributed by atoms with Gasteiger partial charge in [-0.15, -0.1) is 0 Å². The van der Waals surface area contributed by atoms with Gasteiger partial charge in [0.1, 0.15) is 72.5 Å². The number of ketones is 1. The number of esters is 3. The molecule has 4 aliphatic rings. The topological polar surface area (TPSA) is 263 Å². The summed E-state index contributed by atoms with van der Waals surface area (Å²) < 4.78 is 121. The molecule has 10 aromatic carbocycles. The summed E-state index contributed by atoms with van der Waals surface area (Å²) in [5.74, 6) is -3.26. The number of hydrogen-bond acceptors (Lipinski definition) is 23. The van der Waals surface area contributed by atoms with Gasteiger partial charge in [0.2, 0.25) is 0 Å². The van der Waals surface area contributed by atoms with E-state index in [0.29, 0.717) is 30.6 Å². The summed E-state index contributed by atoms with van der Waals surface area (Å²) in [6, 6.07) is 88.2. The van der Waals surface area contributed by atoms with E-state index in [-0.39, 0.29) is 101 Å². The maximum Gasteiger partial charge on any atom is 0.338 e. The Morgan fingerprint density at radius 3 is 1.28 bits per heavy atom. The van der Waals surface area contributed by atoms with E-state index in [0.717, 1.165) is 43.1 Å². The lowest BCUT2D eigenvalue weighted by atomic mass is 9.93. The second-order valence-electron chi connectivity index (χ2n) is 33.4. The molecule has 0 aliphatic carbocycles. The van der Waals surface area contributed by atoms with Gasteiger partial charge in [-0.25, -0.2) is 4.79 Å². The first-order valence-corrected chi connectivity index (χ1v) is 45.9. The van der Waals surface area contributed by atoms with Crippen molar-refractivity contribution in [1.29, 1.82) is 0 Å². The minimum atomic E-state index is -3.74. The smallest absolute Gasteiger partial charge is 0.338 e. The first kappa shape index (κ1) is 94.0. The maximum absolute atomic E-state index is 16.1. The molecule has 3 fully saturated rings. The summed E-state index contributed by atoms with van der Waals surface area (Å²) in [6.07, 6.45) is -20.5. The molecular formula is C104H113NO23Si. The largest absolute Gasteiger partial charge is 0.497 e. The third-order valence-corrected chi connectivity index (χ3v) is 28.4. The first-order valence-electron chi connectivity index (χ1n) is 44.0. The second kappa shape index (κ2) is 46.4. The Bertz CT molecular complexity index is 5090. The zero-order valence-electron chi connectivity index (χ0n) is 73.5. The number of nitrogens with zero attached hydrogens (tertiary/aromatic N) is 1. The van der Waals surface area contributed by atoms with Crippen LogP contribution < -0.4 is 15.1 Å². The van der Waals surface area contributed by atoms with Crippen molar-refractivity contribution in [3.8, 4) is 5.75 Å². The molecule has 10 aromatic rings. The predicted molar refractivity (Wildman–Crippen MR) is 481 cm³/mol. The van der Waals surface area contributed by atoms with Crippen molar-refractivity contribution in [2.45, 2.75) is 203 Å². The lowest BCUT2D eigenvalue weighted by Gasteiger charge is -2.52. The van der Waals surface area contributed by atoms with Crippen molar-refractivity contribution in [1.82, 2.24) is 4.90 Å². The Morgan fingerprint density at radius 2 is 0.791 bits per heavy atom. The molecule has 3 saturated heterocycles. The minimum Gasteiger partial charge on any atom is -0.497 e. The Hall–Kier alpha value is -11.1. The number of rotatable bonds is 44. The van der Waals surface area contributed by atoms with Crippen molar-refractivity contribution in [2.75, 3.05) is 40.6 Å². The summed E-state index contributed by atoms with van der Waals surface area (Å²) in [5.41, 5.74) is 4.94. The Morgan fingerprint density at radius 1 is 0.372 bits per heavy atom. The van der Waals surface area contributed by atoms with Crippen LogP contribution in [-0.4, -0.2) is 181 Å². The van der Waals surface area contributed by atoms with Crippen LogP contribution in [0.15, 0.2) is 291 Å². The molecule has 0 unspecified atom stereocenters. The molecule has 0 spiro atoms. The van der Waals surface area contributed by atoms with Crippen LogP contribution in [0.2, 0.25) is 5.04 Å². The molecule has 0 N–H and O–H groups in total. The summed E-state index contributed by atoms with van der Waals surface area (Å²) in [4.78, 5) is 89.9. The molecule has 4 heterocycles. The van der Waals surface area contributed by atoms with E-state index in [1.54, 1.807) is 73.8 Å². The number of fused-ring (bicyclic) bond motifs is 1. The minimum absolute atomic E-state index is 0.00739. The molecule has 0 bridgehead atoms. The predicted octanol–water partition coefficient (Wildman–Crippen LogP) is 15.2. The molecular weight excluding hydrogens is 1660 g/mol. The molecule has 676 valence electrons. The highest BCUT2D eigenvalue weighted by Gasteiger charge is 2.62. The zero-order chi connectivity index (χ0) is 89.9. The van der Waals surface area contributed by atoms with Gasteiger partial charge in [0.25, 0.3) is 20.1 Å². The number of Topliss-reactive ketones (excluding diaryl/α,β-unsaturated/α-hetero) is 1. The fourth-order valence-electron chi connectivity index (χ4n) is 16.8. The van der Waals surface area contributed by atoms with Crippen molar-refractivity contribution >= 4 is 54.2 Å². The van der Waals surface area contributed by atoms with Crippen LogP contribution in [0.3, 0.4) is 0 Å². The number of ether oxygens (including phenoxy) is 16. The molecule has 0 aromatic heterocycles. The van der Waals surface area contributed by atoms with E-state index in [2.05, 4.69) is 20.8 Å². The number of hydrogen-bond donors (Lipinski definition) is 0. The summed E-state index contributed by atoms with van der Waals surface area (Å²) >= 11 is 0. The number of amides is 2. The van der Waals surface area contributed by atoms with Crippen LogP contribution >= 0.6 is 0 Å². The van der Waals surface area contributed by atoms with Gasteiger partial charge in [-0.2, -0.15) is 0 Å². The third-order valence-electron chi connectivity index (χ3n) is 23.4. The molecule has 15 atom stereocenters. The third kappa shape index (κ3) is 24.5. The van der Waals surface area contributed by atoms with Gasteiger partial charge in [0, 0.05) is 19.4 Å². The highest BCUT2D eigenvalue weighted by atomic mass is 28.4. The maximum atomic E-state index is 16.1. The number of imide groups is 1. The second-order valence-corrected chi connectivity index (χ2v) is 37.7. The van der Waals surface area contributed by atoms with Crippen molar-refractivity contribution in [3.63, 3.8) is 0 Å². The molecule has 25 heteroatoms. The van der Waals surface area contributed by atoms with Crippen LogP contribution in [0.25, 0.3) is 0 Å². The van der Waals surface area contributed by atoms with Gasteiger partial charge < -0.3 is 85.0 Å². The van der Waals surface area contributed by atoms with Gasteiger partial charge in [-0.3, -0.25) is 24.1 Å². The van der Waals surface area contributed by atoms with E-state index >= 15 is 19.2 Å². The van der Waals surface area contributed by atoms with E-state index in [1.165, 1.54) is 14.0 Å². The first-order chi connectivity index (χ1) is 62.9. The average Bonchev–Trinajstić information content (AvgIpc) is 1.48. The van der Waals surface area contributed by atoms with E-state index < -0.39 is 142 Å². The Labute approximate surface area is 754 Å². The molecule has 0 radical (unpaired) electrons. The number of unbranched alkanes of at least 4 members (excludes halogenated alkanes) is 2. The molecule has 129 heavy (non-hydrogen) atoms. The number of methoxy groups -OCH3 is 2. The quantitative estimate of drug-likeness (QED) is 0.0113. The fraction of sp³-hybridized carbons (Fsp3) is 0.365. The van der Waals surface area contributed by atoms with E-state index in [9.17, 15) is 9.59 Å². The van der Waals surface area contributed by atoms with E-state index in [4.69, 9.17) is 80.2 Å². The van der Waals surface area contributed by atoms with Crippen LogP contribution in [0.4, 0.5) is 0 Å². The van der Waals surface area contributed by atoms with Gasteiger partial charge in [0.05, 0.1) is 96.8 Å². The zero-order valence-corrected chi connectivity index (χ0v) is 74.5. The summed E-state index contributed by atoms with van der Waals surface area (Å²) in [6.45, 7) is 6.79. The average molecular weight is 1770 g/mol. The van der Waals surface area contributed by atoms with E-state index in [1.807, 2.05) is 224 Å². The van der Waals surface area contributed by atoms with Crippen molar-refractivity contribution < 1.29 is 109 Å². The summed E-state index contributed by atoms with van der Waals surface area (Å²) in [5, 5.41) is 1.04. The number of carbonyl (C=O) groups excluding carboxylic acids is 6. The van der Waals surface area contributed by atoms with Crippen molar-refractivity contribution in [2.24, 2.45) is 0 Å². The molecule has 0 saturated carbocycles. The van der Waals surface area contributed by atoms with Gasteiger partial charge in [-0.1, -0.05) is 282 Å². The lowest BCUT2D eigenvalue weighted by molar-refractivity contribution is -0.384. The molecule has 24 nitrogen and oxygen atoms in total. The normalized spacial score (nSPS) is 22.8. The lowest BCUT2D eigenvalue weighted by Crippen LogP contribution is -2.71. The fourth-order valence-corrected chi connectivity index (χ4v) is 21.4. The molecule has 4 aliphatic heterocycles. The number of carbonyl (C=O) groups is 6. The van der Waals surface area contributed by atoms with Gasteiger partial charge >= 0.3 is 17.9 Å². The van der Waals surface area contributed by atoms with Crippen molar-refractivity contribution in [3.05, 3.63) is 341 Å². The SMILES string of the molecule is COC(=O)CCCCCO[C@@H]1O[C@H](COCc2ccc(OC)cc2)[C@@H](O[C@@H]2O[C@H](CO[Si](c3ccccc3)(c3ccccc3)C(C)(C)C)[C@H](OC(=O)CCC(C)=O)[C@H](O[C@@H]3O[C@H](COCc4ccccc4)[C@@H](OCc4ccccc4)[C@H](OCc4ccccc4)[C@@H]3OCc3ccccc3)[C@H]2OC(=O)c2ccccc2)[C@H](OCc2ccccc2)[C@H]1N1C(=O)c2ccccc2C1=O. The highest BCUT2D eigenvalue weighted by molar-refractivity contribution is 6.99. The highest BCUT2D eigenvalue weighted by Crippen LogP contribution is 2.44. The standard InChI is InChI=1S/C104H113NO23Si/c1-71(106)55-60-88(108)125-92-86(70-121-129(104(2,3)4,80-48-28-13-29-49-80)81-50-30-14-31-51-81)124-103(127-91-85(69-115-63-77-56-58-79(112-5)59-57-77)122-101(116-61-35-15-32-54-87(107)113-6)89(93(91)118-65-74-40-20-9-21-41-74)105-98(109)82-52-33-34-53-83(82)99(105)110)97(126-100(111)78-46-26-12-27-47-78)95(92)128-102-96(120-67-76-44-24-11-25-45-76)94(119-66-75-42-22-10-23-43-75)90(117-64-73-38-18-8-19-39-73)84(123-102)68-114-62-72-36-16-7-17-37-72/h7-14,16-31,33-34,36-53,56-59,84-86,89-97,101-103H,15,32,35,54-55,60-70H2,1-6H3/t84-,85-,86-,89-,90-,91-,92+,93-,94+,95+,96+,97-,101-,102+,103+/m1/s1. The number of benzene rings is 10. The monoisotopic (exact) mass is 1770 g/mol. The summed E-state index contributed by atoms with van der Waals surface area (Å²) in [7, 11) is -0.829. The van der Waals surface area contributed by atoms with Gasteiger partial charge in [0.15, 0.2) is 31.1 Å². The van der Waals surface area contributed by atoms with Crippen LogP contribution in [0, 0.1) is 0 Å². The van der Waals surface area contributed by atoms with Gasteiger partial charge in [-0.05, 0) is 105 Å². The Kier molecular flexibility index (Phi) is 33.9. The molecule has 2 amide bonds. The molecule has 14 rings (SSSR count). The Balaban J connectivity index is 0.988.